The average Bonchev–Trinajstić information content (AvgIpc) is 2.47. The molecule has 2 aromatic rings. The number of hydrogen-bond acceptors (Lipinski definition) is 3. The Morgan fingerprint density at radius 3 is 2.29 bits per heavy atom. The van der Waals surface area contributed by atoms with Crippen molar-refractivity contribution in [3.8, 4) is 5.75 Å². The summed E-state index contributed by atoms with van der Waals surface area (Å²) in [6.45, 7) is 2.12. The molecule has 0 heterocycles. The van der Waals surface area contributed by atoms with E-state index in [-0.39, 0.29) is 6.04 Å². The van der Waals surface area contributed by atoms with Crippen molar-refractivity contribution in [1.82, 2.24) is 0 Å². The van der Waals surface area contributed by atoms with Crippen LogP contribution in [0.25, 0.3) is 0 Å². The van der Waals surface area contributed by atoms with Gasteiger partial charge in [0.05, 0.1) is 17.8 Å². The normalized spacial score (nSPS) is 11.9. The summed E-state index contributed by atoms with van der Waals surface area (Å²) in [4.78, 5) is 2.00. The predicted octanol–water partition coefficient (Wildman–Crippen LogP) is 4.59. The molecule has 2 aromatic carbocycles. The third-order valence-corrected chi connectivity index (χ3v) is 3.73. The standard InChI is InChI=1S/C17H21ClN2O/c1-12(13-5-8-15(21-4)9-6-13)19-14-7-10-17(20(2)3)16(18)11-14/h5-12,19H,1-4H3. The van der Waals surface area contributed by atoms with E-state index in [0.717, 1.165) is 22.1 Å². The lowest BCUT2D eigenvalue weighted by Crippen LogP contribution is -2.10. The highest BCUT2D eigenvalue weighted by Gasteiger charge is 2.08. The number of ether oxygens (including phenoxy) is 1. The van der Waals surface area contributed by atoms with Crippen molar-refractivity contribution in [2.24, 2.45) is 0 Å². The van der Waals surface area contributed by atoms with E-state index < -0.39 is 0 Å². The summed E-state index contributed by atoms with van der Waals surface area (Å²) < 4.78 is 5.18. The Morgan fingerprint density at radius 1 is 1.10 bits per heavy atom. The second-order valence-electron chi connectivity index (χ2n) is 5.20. The van der Waals surface area contributed by atoms with Crippen molar-refractivity contribution in [3.05, 3.63) is 53.1 Å². The first-order valence-corrected chi connectivity index (χ1v) is 7.26. The molecule has 0 aliphatic heterocycles. The van der Waals surface area contributed by atoms with Gasteiger partial charge in [0.25, 0.3) is 0 Å². The Kier molecular flexibility index (Phi) is 4.97. The van der Waals surface area contributed by atoms with Crippen LogP contribution in [0.15, 0.2) is 42.5 Å². The van der Waals surface area contributed by atoms with Crippen LogP contribution in [0.3, 0.4) is 0 Å². The van der Waals surface area contributed by atoms with E-state index >= 15 is 0 Å². The number of anilines is 2. The molecule has 0 fully saturated rings. The topological polar surface area (TPSA) is 24.5 Å². The van der Waals surface area contributed by atoms with Crippen molar-refractivity contribution in [3.63, 3.8) is 0 Å². The van der Waals surface area contributed by atoms with Gasteiger partial charge < -0.3 is 15.0 Å². The van der Waals surface area contributed by atoms with Gasteiger partial charge in [0, 0.05) is 25.8 Å². The molecule has 0 aliphatic carbocycles. The van der Waals surface area contributed by atoms with Crippen LogP contribution in [0.1, 0.15) is 18.5 Å². The molecule has 112 valence electrons. The number of methoxy groups -OCH3 is 1. The zero-order valence-corrected chi connectivity index (χ0v) is 13.6. The Bertz CT molecular complexity index is 596. The Balaban J connectivity index is 2.11. The third-order valence-electron chi connectivity index (χ3n) is 3.43. The Hall–Kier alpha value is -1.87. The molecule has 1 atom stereocenters. The van der Waals surface area contributed by atoms with Crippen LogP contribution in [-0.4, -0.2) is 21.2 Å². The lowest BCUT2D eigenvalue weighted by molar-refractivity contribution is 0.414. The summed E-state index contributed by atoms with van der Waals surface area (Å²) in [7, 11) is 5.63. The number of rotatable bonds is 5. The minimum absolute atomic E-state index is 0.192. The van der Waals surface area contributed by atoms with Gasteiger partial charge in [-0.25, -0.2) is 0 Å². The summed E-state index contributed by atoms with van der Waals surface area (Å²) in [5, 5.41) is 4.20. The molecular weight excluding hydrogens is 284 g/mol. The number of nitrogens with one attached hydrogen (secondary N) is 1. The van der Waals surface area contributed by atoms with Gasteiger partial charge in [-0.1, -0.05) is 23.7 Å². The number of halogens is 1. The molecule has 1 N–H and O–H groups in total. The molecule has 0 radical (unpaired) electrons. The van der Waals surface area contributed by atoms with Crippen LogP contribution in [0.5, 0.6) is 5.75 Å². The Morgan fingerprint density at radius 2 is 1.76 bits per heavy atom. The van der Waals surface area contributed by atoms with Crippen molar-refractivity contribution < 1.29 is 4.74 Å². The molecule has 21 heavy (non-hydrogen) atoms. The van der Waals surface area contributed by atoms with Crippen LogP contribution >= 0.6 is 11.6 Å². The van der Waals surface area contributed by atoms with Gasteiger partial charge in [-0.2, -0.15) is 0 Å². The summed E-state index contributed by atoms with van der Waals surface area (Å²) in [5.74, 6) is 0.865. The molecule has 0 saturated carbocycles. The monoisotopic (exact) mass is 304 g/mol. The fourth-order valence-corrected chi connectivity index (χ4v) is 2.53. The first kappa shape index (κ1) is 15.5. The maximum atomic E-state index is 6.30. The molecule has 0 aromatic heterocycles. The summed E-state index contributed by atoms with van der Waals surface area (Å²) in [5.41, 5.74) is 3.22. The Labute approximate surface area is 131 Å². The van der Waals surface area contributed by atoms with Crippen LogP contribution in [0.4, 0.5) is 11.4 Å². The number of nitrogens with zero attached hydrogens (tertiary/aromatic N) is 1. The van der Waals surface area contributed by atoms with Crippen molar-refractivity contribution >= 4 is 23.0 Å². The first-order valence-electron chi connectivity index (χ1n) is 6.88. The summed E-state index contributed by atoms with van der Waals surface area (Å²) >= 11 is 6.30. The van der Waals surface area contributed by atoms with E-state index in [1.165, 1.54) is 5.56 Å². The van der Waals surface area contributed by atoms with Gasteiger partial charge in [-0.15, -0.1) is 0 Å². The first-order chi connectivity index (χ1) is 10.0. The SMILES string of the molecule is COc1ccc(C(C)Nc2ccc(N(C)C)c(Cl)c2)cc1. The number of benzene rings is 2. The van der Waals surface area contributed by atoms with Gasteiger partial charge in [0.15, 0.2) is 0 Å². The van der Waals surface area contributed by atoms with Crippen LogP contribution < -0.4 is 15.0 Å². The largest absolute Gasteiger partial charge is 0.497 e. The third kappa shape index (κ3) is 3.82. The fourth-order valence-electron chi connectivity index (χ4n) is 2.19. The predicted molar refractivity (Wildman–Crippen MR) is 90.8 cm³/mol. The molecule has 0 amide bonds. The molecule has 4 heteroatoms. The lowest BCUT2D eigenvalue weighted by atomic mass is 10.1. The summed E-state index contributed by atoms with van der Waals surface area (Å²) in [6.07, 6.45) is 0. The highest BCUT2D eigenvalue weighted by atomic mass is 35.5. The van der Waals surface area contributed by atoms with E-state index in [0.29, 0.717) is 0 Å². The van der Waals surface area contributed by atoms with Crippen molar-refractivity contribution in [1.29, 1.82) is 0 Å². The quantitative estimate of drug-likeness (QED) is 0.874. The smallest absolute Gasteiger partial charge is 0.118 e. The molecule has 1 unspecified atom stereocenters. The highest BCUT2D eigenvalue weighted by Crippen LogP contribution is 2.29. The maximum Gasteiger partial charge on any atom is 0.118 e. The van der Waals surface area contributed by atoms with Crippen LogP contribution in [-0.2, 0) is 0 Å². The molecular formula is C17H21ClN2O. The zero-order valence-electron chi connectivity index (χ0n) is 12.9. The van der Waals surface area contributed by atoms with Crippen molar-refractivity contribution in [2.45, 2.75) is 13.0 Å². The molecule has 3 nitrogen and oxygen atoms in total. The van der Waals surface area contributed by atoms with Gasteiger partial charge in [-0.05, 0) is 42.8 Å². The van der Waals surface area contributed by atoms with Gasteiger partial charge >= 0.3 is 0 Å². The zero-order chi connectivity index (χ0) is 15.4. The molecule has 2 rings (SSSR count). The molecule has 0 bridgehead atoms. The molecule has 0 spiro atoms. The highest BCUT2D eigenvalue weighted by molar-refractivity contribution is 6.33. The van der Waals surface area contributed by atoms with Gasteiger partial charge in [-0.3, -0.25) is 0 Å². The van der Waals surface area contributed by atoms with E-state index in [1.54, 1.807) is 7.11 Å². The summed E-state index contributed by atoms with van der Waals surface area (Å²) in [6, 6.07) is 14.3. The average molecular weight is 305 g/mol. The minimum atomic E-state index is 0.192. The van der Waals surface area contributed by atoms with Crippen molar-refractivity contribution in [2.75, 3.05) is 31.4 Å². The second-order valence-corrected chi connectivity index (χ2v) is 5.61. The second kappa shape index (κ2) is 6.72. The minimum Gasteiger partial charge on any atom is -0.497 e. The number of hydrogen-bond donors (Lipinski definition) is 1. The maximum absolute atomic E-state index is 6.30. The van der Waals surface area contributed by atoms with Crippen LogP contribution in [0.2, 0.25) is 5.02 Å². The fraction of sp³-hybridized carbons (Fsp3) is 0.294. The van der Waals surface area contributed by atoms with E-state index in [2.05, 4.69) is 24.4 Å². The van der Waals surface area contributed by atoms with E-state index in [1.807, 2.05) is 49.3 Å². The lowest BCUT2D eigenvalue weighted by Gasteiger charge is -2.19. The van der Waals surface area contributed by atoms with E-state index in [4.69, 9.17) is 16.3 Å². The molecule has 0 aliphatic rings. The van der Waals surface area contributed by atoms with Gasteiger partial charge in [0.2, 0.25) is 0 Å². The van der Waals surface area contributed by atoms with E-state index in [9.17, 15) is 0 Å². The van der Waals surface area contributed by atoms with Crippen LogP contribution in [0, 0.1) is 0 Å². The molecule has 0 saturated heterocycles. The van der Waals surface area contributed by atoms with Gasteiger partial charge in [0.1, 0.15) is 5.75 Å².